The van der Waals surface area contributed by atoms with E-state index >= 15 is 0 Å². The average Bonchev–Trinajstić information content (AvgIpc) is 2.17. The van der Waals surface area contributed by atoms with Crippen molar-refractivity contribution >= 4 is 21.6 Å². The van der Waals surface area contributed by atoms with E-state index in [1.54, 1.807) is 6.08 Å². The Balaban J connectivity index is 2.76. The Labute approximate surface area is 88.2 Å². The van der Waals surface area contributed by atoms with Crippen molar-refractivity contribution in [1.29, 1.82) is 0 Å². The van der Waals surface area contributed by atoms with Gasteiger partial charge in [-0.05, 0) is 12.1 Å². The minimum atomic E-state index is -3.26. The molecule has 1 heterocycles. The maximum Gasteiger partial charge on any atom is 0.176 e. The molecule has 2 rings (SSSR count). The molecular formula is C10H11NO3S. The lowest BCUT2D eigenvalue weighted by Gasteiger charge is -2.16. The molecular weight excluding hydrogens is 214 g/mol. The summed E-state index contributed by atoms with van der Waals surface area (Å²) in [5, 5.41) is 12.5. The van der Waals surface area contributed by atoms with E-state index in [1.807, 2.05) is 6.08 Å². The molecule has 0 saturated heterocycles. The Morgan fingerprint density at radius 1 is 1.40 bits per heavy atom. The standard InChI is InChI=1S/C10H11NO3S/c1-15(13,14)9-5-4-8(12)10-7(9)3-2-6-11-10/h2-5,11-12H,6H2,1H3. The molecule has 1 aromatic carbocycles. The summed E-state index contributed by atoms with van der Waals surface area (Å²) in [6.45, 7) is 0.591. The van der Waals surface area contributed by atoms with Crippen molar-refractivity contribution in [3.63, 3.8) is 0 Å². The van der Waals surface area contributed by atoms with Crippen LogP contribution in [0.5, 0.6) is 5.75 Å². The highest BCUT2D eigenvalue weighted by atomic mass is 32.2. The average molecular weight is 225 g/mol. The summed E-state index contributed by atoms with van der Waals surface area (Å²) >= 11 is 0. The molecule has 0 spiro atoms. The van der Waals surface area contributed by atoms with Gasteiger partial charge in [-0.2, -0.15) is 0 Å². The number of nitrogens with one attached hydrogen (secondary N) is 1. The summed E-state index contributed by atoms with van der Waals surface area (Å²) < 4.78 is 22.9. The summed E-state index contributed by atoms with van der Waals surface area (Å²) in [4.78, 5) is 0.235. The van der Waals surface area contributed by atoms with Gasteiger partial charge in [0.15, 0.2) is 9.84 Å². The fourth-order valence-corrected chi connectivity index (χ4v) is 2.49. The molecule has 0 bridgehead atoms. The van der Waals surface area contributed by atoms with Crippen molar-refractivity contribution in [2.24, 2.45) is 0 Å². The van der Waals surface area contributed by atoms with Crippen LogP contribution >= 0.6 is 0 Å². The Bertz CT molecular complexity index is 532. The number of hydrogen-bond donors (Lipinski definition) is 2. The van der Waals surface area contributed by atoms with Crippen LogP contribution in [0.2, 0.25) is 0 Å². The predicted octanol–water partition coefficient (Wildman–Crippen LogP) is 1.23. The summed E-state index contributed by atoms with van der Waals surface area (Å²) in [7, 11) is -3.26. The molecule has 4 nitrogen and oxygen atoms in total. The van der Waals surface area contributed by atoms with Crippen molar-refractivity contribution in [3.05, 3.63) is 23.8 Å². The number of sulfone groups is 1. The molecule has 5 heteroatoms. The lowest BCUT2D eigenvalue weighted by molar-refractivity contribution is 0.476. The highest BCUT2D eigenvalue weighted by Gasteiger charge is 2.18. The van der Waals surface area contributed by atoms with E-state index in [9.17, 15) is 13.5 Å². The van der Waals surface area contributed by atoms with Gasteiger partial charge >= 0.3 is 0 Å². The van der Waals surface area contributed by atoms with Crippen LogP contribution in [-0.2, 0) is 9.84 Å². The van der Waals surface area contributed by atoms with Gasteiger partial charge in [-0.25, -0.2) is 8.42 Å². The zero-order valence-corrected chi connectivity index (χ0v) is 9.00. The topological polar surface area (TPSA) is 66.4 Å². The Morgan fingerprint density at radius 3 is 2.80 bits per heavy atom. The highest BCUT2D eigenvalue weighted by molar-refractivity contribution is 7.90. The van der Waals surface area contributed by atoms with Gasteiger partial charge in [0.25, 0.3) is 0 Å². The number of aromatic hydroxyl groups is 1. The first-order chi connectivity index (χ1) is 7.00. The molecule has 0 aliphatic carbocycles. The minimum Gasteiger partial charge on any atom is -0.506 e. The number of phenols is 1. The molecule has 0 unspecified atom stereocenters. The van der Waals surface area contributed by atoms with E-state index in [2.05, 4.69) is 5.32 Å². The van der Waals surface area contributed by atoms with Crippen LogP contribution in [0.1, 0.15) is 5.56 Å². The zero-order valence-electron chi connectivity index (χ0n) is 8.19. The fraction of sp³-hybridized carbons (Fsp3) is 0.200. The van der Waals surface area contributed by atoms with Crippen LogP contribution in [0.25, 0.3) is 6.08 Å². The predicted molar refractivity (Wildman–Crippen MR) is 58.7 cm³/mol. The molecule has 2 N–H and O–H groups in total. The lowest BCUT2D eigenvalue weighted by Crippen LogP contribution is -2.09. The number of anilines is 1. The first-order valence-corrected chi connectivity index (χ1v) is 6.36. The van der Waals surface area contributed by atoms with E-state index in [-0.39, 0.29) is 10.6 Å². The van der Waals surface area contributed by atoms with Crippen molar-refractivity contribution in [3.8, 4) is 5.75 Å². The normalized spacial score (nSPS) is 14.5. The van der Waals surface area contributed by atoms with Crippen LogP contribution < -0.4 is 5.32 Å². The van der Waals surface area contributed by atoms with Gasteiger partial charge < -0.3 is 10.4 Å². The van der Waals surface area contributed by atoms with E-state index in [0.717, 1.165) is 6.26 Å². The zero-order chi connectivity index (χ0) is 11.1. The summed E-state index contributed by atoms with van der Waals surface area (Å²) in [6, 6.07) is 2.81. The van der Waals surface area contributed by atoms with Crippen molar-refractivity contribution in [1.82, 2.24) is 0 Å². The van der Waals surface area contributed by atoms with E-state index in [1.165, 1.54) is 12.1 Å². The largest absolute Gasteiger partial charge is 0.506 e. The SMILES string of the molecule is CS(=O)(=O)c1ccc(O)c2c1C=CCN2. The van der Waals surface area contributed by atoms with Crippen molar-refractivity contribution in [2.75, 3.05) is 18.1 Å². The number of rotatable bonds is 1. The molecule has 0 aromatic heterocycles. The third-order valence-electron chi connectivity index (χ3n) is 2.26. The van der Waals surface area contributed by atoms with Crippen molar-refractivity contribution in [2.45, 2.75) is 4.90 Å². The number of fused-ring (bicyclic) bond motifs is 1. The molecule has 15 heavy (non-hydrogen) atoms. The van der Waals surface area contributed by atoms with Gasteiger partial charge in [-0.3, -0.25) is 0 Å². The number of benzene rings is 1. The molecule has 1 aromatic rings. The van der Waals surface area contributed by atoms with Crippen LogP contribution in [-0.4, -0.2) is 26.3 Å². The Morgan fingerprint density at radius 2 is 2.13 bits per heavy atom. The Hall–Kier alpha value is -1.49. The summed E-state index contributed by atoms with van der Waals surface area (Å²) in [5.41, 5.74) is 1.02. The third-order valence-corrected chi connectivity index (χ3v) is 3.42. The fourth-order valence-electron chi connectivity index (χ4n) is 1.60. The van der Waals surface area contributed by atoms with Gasteiger partial charge in [0.1, 0.15) is 5.75 Å². The summed E-state index contributed by atoms with van der Waals surface area (Å²) in [6.07, 6.45) is 4.68. The quantitative estimate of drug-likeness (QED) is 0.705. The summed E-state index contributed by atoms with van der Waals surface area (Å²) in [5.74, 6) is 0.0711. The maximum absolute atomic E-state index is 11.5. The van der Waals surface area contributed by atoms with Gasteiger partial charge in [-0.1, -0.05) is 12.2 Å². The second-order valence-electron chi connectivity index (χ2n) is 3.43. The van der Waals surface area contributed by atoms with Gasteiger partial charge in [0, 0.05) is 18.4 Å². The van der Waals surface area contributed by atoms with Crippen LogP contribution in [0, 0.1) is 0 Å². The molecule has 0 saturated carbocycles. The number of hydrogen-bond acceptors (Lipinski definition) is 4. The number of phenolic OH excluding ortho intramolecular Hbond substituents is 1. The van der Waals surface area contributed by atoms with E-state index in [0.29, 0.717) is 17.8 Å². The molecule has 0 radical (unpaired) electrons. The smallest absolute Gasteiger partial charge is 0.176 e. The molecule has 0 amide bonds. The minimum absolute atomic E-state index is 0.0711. The molecule has 0 fully saturated rings. The van der Waals surface area contributed by atoms with Crippen molar-refractivity contribution < 1.29 is 13.5 Å². The Kier molecular flexibility index (Phi) is 2.19. The lowest BCUT2D eigenvalue weighted by atomic mass is 10.1. The van der Waals surface area contributed by atoms with Gasteiger partial charge in [0.05, 0.1) is 10.6 Å². The van der Waals surface area contributed by atoms with E-state index in [4.69, 9.17) is 0 Å². The van der Waals surface area contributed by atoms with Crippen LogP contribution in [0.3, 0.4) is 0 Å². The van der Waals surface area contributed by atoms with E-state index < -0.39 is 9.84 Å². The third kappa shape index (κ3) is 1.70. The van der Waals surface area contributed by atoms with Crippen LogP contribution in [0.15, 0.2) is 23.1 Å². The van der Waals surface area contributed by atoms with Crippen LogP contribution in [0.4, 0.5) is 5.69 Å². The molecule has 0 atom stereocenters. The second-order valence-corrected chi connectivity index (χ2v) is 5.41. The highest BCUT2D eigenvalue weighted by Crippen LogP contribution is 2.35. The van der Waals surface area contributed by atoms with Gasteiger partial charge in [-0.15, -0.1) is 0 Å². The molecule has 1 aliphatic rings. The molecule has 1 aliphatic heterocycles. The van der Waals surface area contributed by atoms with Gasteiger partial charge in [0.2, 0.25) is 0 Å². The first kappa shape index (κ1) is 10.0. The second kappa shape index (κ2) is 3.27. The monoisotopic (exact) mass is 225 g/mol. The first-order valence-electron chi connectivity index (χ1n) is 4.46. The molecule has 80 valence electrons. The maximum atomic E-state index is 11.5.